The van der Waals surface area contributed by atoms with Gasteiger partial charge in [-0.3, -0.25) is 0 Å². The predicted octanol–water partition coefficient (Wildman–Crippen LogP) is 0.974. The van der Waals surface area contributed by atoms with Crippen LogP contribution in [0.4, 0.5) is 0 Å². The first-order chi connectivity index (χ1) is 9.25. The third-order valence-corrected chi connectivity index (χ3v) is 3.66. The third-order valence-electron chi connectivity index (χ3n) is 3.66. The molecule has 0 radical (unpaired) electrons. The van der Waals surface area contributed by atoms with Crippen molar-refractivity contribution in [2.75, 3.05) is 21.3 Å². The van der Waals surface area contributed by atoms with E-state index in [1.54, 1.807) is 22.3 Å². The first-order valence-electron chi connectivity index (χ1n) is 6.74. The molecule has 2 aliphatic rings. The van der Waals surface area contributed by atoms with Gasteiger partial charge in [-0.25, -0.2) is 0 Å². The van der Waals surface area contributed by atoms with E-state index in [1.807, 2.05) is 0 Å². The van der Waals surface area contributed by atoms with Crippen LogP contribution in [-0.4, -0.2) is 21.3 Å². The molecule has 20 heavy (non-hydrogen) atoms. The van der Waals surface area contributed by atoms with E-state index >= 15 is 0 Å². The molecule has 0 heterocycles. The molecule has 4 heteroatoms. The molecule has 0 aliphatic heterocycles. The van der Waals surface area contributed by atoms with Gasteiger partial charge in [0, 0.05) is 0 Å². The van der Waals surface area contributed by atoms with Crippen LogP contribution in [0.1, 0.15) is 46.5 Å². The van der Waals surface area contributed by atoms with Crippen molar-refractivity contribution in [2.24, 2.45) is 5.92 Å². The van der Waals surface area contributed by atoms with Gasteiger partial charge in [0.1, 0.15) is 0 Å². The Kier molecular flexibility index (Phi) is 19.1. The number of hydrogen-bond donors (Lipinski definition) is 0. The second-order valence-corrected chi connectivity index (χ2v) is 4.26. The molecule has 0 aromatic carbocycles. The molecule has 114 valence electrons. The summed E-state index contributed by atoms with van der Waals surface area (Å²) in [4.78, 5) is 0. The fraction of sp³-hybridized carbons (Fsp3) is 0.688. The Labute approximate surface area is 139 Å². The largest absolute Gasteiger partial charge is 4.00 e. The van der Waals surface area contributed by atoms with Crippen LogP contribution in [0.2, 0.25) is 0 Å². The van der Waals surface area contributed by atoms with Crippen molar-refractivity contribution < 1.29 is 37.0 Å². The molecule has 1 unspecified atom stereocenters. The molecule has 0 N–H and O–H groups in total. The van der Waals surface area contributed by atoms with E-state index in [0.717, 1.165) is 27.2 Å². The summed E-state index contributed by atoms with van der Waals surface area (Å²) in [7, 11) is 2.25. The van der Waals surface area contributed by atoms with Crippen LogP contribution in [0.3, 0.4) is 0 Å². The van der Waals surface area contributed by atoms with Crippen LogP contribution in [-0.2, 0) is 21.7 Å². The fourth-order valence-corrected chi connectivity index (χ4v) is 2.93. The molecule has 2 aliphatic carbocycles. The molecule has 0 spiro atoms. The molecule has 2 rings (SSSR count). The summed E-state index contributed by atoms with van der Waals surface area (Å²) in [5, 5.41) is 24.8. The van der Waals surface area contributed by atoms with E-state index < -0.39 is 0 Å². The average Bonchev–Trinajstić information content (AvgIpc) is 2.77. The minimum absolute atomic E-state index is 0. The molecule has 0 bridgehead atoms. The van der Waals surface area contributed by atoms with E-state index in [0.29, 0.717) is 0 Å². The SMILES string of the molecule is CCC1=C(C)C2=C(CCC[CH-]2)C1C.C[O-].C[O-].C[O-].[Ti+4]. The van der Waals surface area contributed by atoms with Gasteiger partial charge in [-0.2, -0.15) is 44.5 Å². The zero-order valence-electron chi connectivity index (χ0n) is 13.7. The second kappa shape index (κ2) is 15.3. The summed E-state index contributed by atoms with van der Waals surface area (Å²) >= 11 is 0. The first-order valence-corrected chi connectivity index (χ1v) is 6.74. The molecule has 1 atom stereocenters. The molecule has 0 aromatic rings. The van der Waals surface area contributed by atoms with E-state index in [1.165, 1.54) is 25.7 Å². The quantitative estimate of drug-likeness (QED) is 0.535. The Balaban J connectivity index is -0.000000368. The standard InChI is InChI=1S/C13H19.3CH3O.Ti/c1-4-11-9(2)12-7-5-6-8-13(12)10(11)3;3*1-2;/h7,10H,4-6,8H2,1-3H3;3*1H3;/q4*-1;+4. The van der Waals surface area contributed by atoms with E-state index in [9.17, 15) is 0 Å². The predicted molar refractivity (Wildman–Crippen MR) is 75.1 cm³/mol. The summed E-state index contributed by atoms with van der Waals surface area (Å²) in [5.74, 6) is 0.747. The van der Waals surface area contributed by atoms with Crippen molar-refractivity contribution in [2.45, 2.75) is 46.5 Å². The van der Waals surface area contributed by atoms with Crippen LogP contribution >= 0.6 is 0 Å². The van der Waals surface area contributed by atoms with Crippen molar-refractivity contribution in [3.8, 4) is 0 Å². The van der Waals surface area contributed by atoms with Crippen LogP contribution < -0.4 is 15.3 Å². The maximum Gasteiger partial charge on any atom is 4.00 e. The fourth-order valence-electron chi connectivity index (χ4n) is 2.93. The van der Waals surface area contributed by atoms with Crippen molar-refractivity contribution >= 4 is 0 Å². The summed E-state index contributed by atoms with van der Waals surface area (Å²) < 4.78 is 0. The van der Waals surface area contributed by atoms with Gasteiger partial charge in [-0.15, -0.1) is 5.57 Å². The number of rotatable bonds is 1. The van der Waals surface area contributed by atoms with Crippen LogP contribution in [0.15, 0.2) is 22.3 Å². The number of hydrogen-bond acceptors (Lipinski definition) is 3. The maximum atomic E-state index is 8.25. The molecular weight excluding hydrogens is 288 g/mol. The summed E-state index contributed by atoms with van der Waals surface area (Å²) in [6.07, 6.45) is 7.68. The van der Waals surface area contributed by atoms with Crippen molar-refractivity contribution in [3.05, 3.63) is 28.7 Å². The monoisotopic (exact) mass is 316 g/mol. The van der Waals surface area contributed by atoms with E-state index in [-0.39, 0.29) is 21.7 Å². The van der Waals surface area contributed by atoms with Crippen LogP contribution in [0.5, 0.6) is 0 Å². The molecule has 3 nitrogen and oxygen atoms in total. The first kappa shape index (κ1) is 24.9. The Hall–Kier alpha value is -0.0557. The molecular formula is C16H28O3Ti. The van der Waals surface area contributed by atoms with Crippen molar-refractivity contribution in [1.82, 2.24) is 0 Å². The van der Waals surface area contributed by atoms with E-state index in [2.05, 4.69) is 27.2 Å². The van der Waals surface area contributed by atoms with Gasteiger partial charge in [-0.1, -0.05) is 46.0 Å². The van der Waals surface area contributed by atoms with Crippen LogP contribution in [0.25, 0.3) is 0 Å². The van der Waals surface area contributed by atoms with Gasteiger partial charge < -0.3 is 15.3 Å². The smallest absolute Gasteiger partial charge is 0.857 e. The molecule has 0 saturated carbocycles. The molecule has 0 fully saturated rings. The average molecular weight is 316 g/mol. The van der Waals surface area contributed by atoms with Gasteiger partial charge in [0.2, 0.25) is 0 Å². The minimum atomic E-state index is 0. The number of allylic oxidation sites excluding steroid dienone is 4. The molecule has 0 amide bonds. The van der Waals surface area contributed by atoms with E-state index in [4.69, 9.17) is 15.3 Å². The minimum Gasteiger partial charge on any atom is -0.857 e. The van der Waals surface area contributed by atoms with Gasteiger partial charge >= 0.3 is 21.7 Å². The summed E-state index contributed by atoms with van der Waals surface area (Å²) in [6.45, 7) is 6.97. The van der Waals surface area contributed by atoms with Gasteiger partial charge in [0.05, 0.1) is 0 Å². The Morgan fingerprint density at radius 1 is 1.10 bits per heavy atom. The van der Waals surface area contributed by atoms with Crippen LogP contribution in [0, 0.1) is 12.3 Å². The second-order valence-electron chi connectivity index (χ2n) is 4.26. The topological polar surface area (TPSA) is 69.2 Å². The van der Waals surface area contributed by atoms with Gasteiger partial charge in [0.15, 0.2) is 0 Å². The van der Waals surface area contributed by atoms with Crippen molar-refractivity contribution in [3.63, 3.8) is 0 Å². The summed E-state index contributed by atoms with van der Waals surface area (Å²) in [6, 6.07) is 0. The van der Waals surface area contributed by atoms with Crippen molar-refractivity contribution in [1.29, 1.82) is 0 Å². The summed E-state index contributed by atoms with van der Waals surface area (Å²) in [5.41, 5.74) is 6.60. The van der Waals surface area contributed by atoms with Gasteiger partial charge in [-0.05, 0) is 6.42 Å². The zero-order chi connectivity index (χ0) is 15.4. The molecule has 0 saturated heterocycles. The molecule has 0 aromatic heterocycles. The normalized spacial score (nSPS) is 18.9. The maximum absolute atomic E-state index is 8.25. The van der Waals surface area contributed by atoms with Gasteiger partial charge in [0.25, 0.3) is 0 Å². The Morgan fingerprint density at radius 2 is 1.60 bits per heavy atom. The Morgan fingerprint density at radius 3 is 2.00 bits per heavy atom. The zero-order valence-corrected chi connectivity index (χ0v) is 15.3. The third kappa shape index (κ3) is 6.15. The Bertz CT molecular complexity index is 296.